The molecule has 3 saturated heterocycles. The number of allylic oxidation sites excluding steroid dienone is 2. The third kappa shape index (κ3) is 2.65. The van der Waals surface area contributed by atoms with Crippen molar-refractivity contribution in [3.8, 4) is 0 Å². The summed E-state index contributed by atoms with van der Waals surface area (Å²) in [6, 6.07) is 9.49. The molecule has 186 valence electrons. The third-order valence-corrected chi connectivity index (χ3v) is 10.4. The molecule has 6 nitrogen and oxygen atoms in total. The minimum atomic E-state index is -1.62. The number of Topliss-reactive ketones (excluding diaryl/α,β-unsaturated/α-hetero) is 1. The number of imide groups is 1. The summed E-state index contributed by atoms with van der Waals surface area (Å²) in [7, 11) is 0. The Bertz CT molecular complexity index is 1160. The van der Waals surface area contributed by atoms with Crippen LogP contribution in [0.25, 0.3) is 0 Å². The minimum absolute atomic E-state index is 0.143. The van der Waals surface area contributed by atoms with E-state index in [1.807, 2.05) is 58.0 Å². The van der Waals surface area contributed by atoms with Gasteiger partial charge in [-0.05, 0) is 44.1 Å². The molecule has 1 spiro atoms. The largest absolute Gasteiger partial charge is 0.365 e. The zero-order chi connectivity index (χ0) is 25.1. The number of piperidine rings is 1. The molecule has 5 aliphatic rings. The standard InChI is InChI=1S/C29H35NO5/c1-14-11-16(3)29(34)23-22(27(5,13-14)35-29)19-12-15(2)17(4)21-20(18-9-7-6-8-10-18)25(32)30-26(33)28(19,21)24(23)31/h6-10,12,14,16-17,19-23,34H,11,13H2,1-5H3,(H,30,32,33)/t14-,16+,17-,19-,20+,21+,22-,23-,27+,28-,29-/m1/s1. The van der Waals surface area contributed by atoms with Gasteiger partial charge in [-0.1, -0.05) is 62.8 Å². The molecule has 6 heteroatoms. The Morgan fingerprint density at radius 2 is 1.74 bits per heavy atom. The van der Waals surface area contributed by atoms with Gasteiger partial charge in [-0.2, -0.15) is 0 Å². The maximum atomic E-state index is 14.7. The van der Waals surface area contributed by atoms with E-state index in [1.165, 1.54) is 0 Å². The van der Waals surface area contributed by atoms with Gasteiger partial charge in [0.05, 0.1) is 17.4 Å². The van der Waals surface area contributed by atoms with Crippen molar-refractivity contribution in [3.05, 3.63) is 47.5 Å². The predicted molar refractivity (Wildman–Crippen MR) is 129 cm³/mol. The highest BCUT2D eigenvalue weighted by atomic mass is 16.6. The van der Waals surface area contributed by atoms with Crippen molar-refractivity contribution in [1.29, 1.82) is 0 Å². The average molecular weight is 478 g/mol. The summed E-state index contributed by atoms with van der Waals surface area (Å²) >= 11 is 0. The first-order chi connectivity index (χ1) is 16.5. The quantitative estimate of drug-likeness (QED) is 0.366. The molecule has 3 heterocycles. The first-order valence-electron chi connectivity index (χ1n) is 13.0. The van der Waals surface area contributed by atoms with Crippen molar-refractivity contribution in [1.82, 2.24) is 5.32 Å². The van der Waals surface area contributed by atoms with Crippen molar-refractivity contribution in [3.63, 3.8) is 0 Å². The molecular formula is C29H35NO5. The third-order valence-electron chi connectivity index (χ3n) is 10.4. The number of benzene rings is 1. The number of hydrogen-bond donors (Lipinski definition) is 2. The zero-order valence-electron chi connectivity index (χ0n) is 21.1. The molecule has 2 amide bonds. The first kappa shape index (κ1) is 23.1. The number of hydrogen-bond acceptors (Lipinski definition) is 5. The van der Waals surface area contributed by atoms with Crippen LogP contribution in [-0.2, 0) is 19.1 Å². The van der Waals surface area contributed by atoms with Crippen LogP contribution < -0.4 is 5.32 Å². The Morgan fingerprint density at radius 1 is 1.06 bits per heavy atom. The lowest BCUT2D eigenvalue weighted by molar-refractivity contribution is -0.256. The van der Waals surface area contributed by atoms with E-state index in [-0.39, 0.29) is 29.4 Å². The highest BCUT2D eigenvalue weighted by molar-refractivity contribution is 6.17. The van der Waals surface area contributed by atoms with Crippen molar-refractivity contribution < 1.29 is 24.2 Å². The molecule has 4 fully saturated rings. The molecule has 6 rings (SSSR count). The van der Waals surface area contributed by atoms with E-state index in [4.69, 9.17) is 4.74 Å². The molecule has 1 aromatic carbocycles. The lowest BCUT2D eigenvalue weighted by atomic mass is 9.50. The van der Waals surface area contributed by atoms with Gasteiger partial charge in [0.1, 0.15) is 5.41 Å². The maximum Gasteiger partial charge on any atom is 0.241 e. The SMILES string of the molecule is CC1=C[C@@H]2[C@@H]3[C@H](C(=O)[C@@]24C(=O)NC(=O)[C@@H](c2ccccc2)[C@@H]4[C@@H]1C)[C@]1(O)O[C@@]3(C)C[C@H](C)C[C@@H]1C. The second-order valence-corrected chi connectivity index (χ2v) is 12.3. The van der Waals surface area contributed by atoms with Crippen molar-refractivity contribution in [2.45, 2.75) is 64.8 Å². The van der Waals surface area contributed by atoms with E-state index < -0.39 is 46.4 Å². The Labute approximate surface area is 206 Å². The second-order valence-electron chi connectivity index (χ2n) is 12.3. The van der Waals surface area contributed by atoms with E-state index in [0.29, 0.717) is 5.92 Å². The van der Waals surface area contributed by atoms with Crippen molar-refractivity contribution >= 4 is 17.6 Å². The number of fused-ring (bicyclic) bond motifs is 6. The molecule has 0 aromatic heterocycles. The Morgan fingerprint density at radius 3 is 2.43 bits per heavy atom. The number of carbonyl (C=O) groups is 3. The van der Waals surface area contributed by atoms with Gasteiger partial charge in [0, 0.05) is 23.7 Å². The van der Waals surface area contributed by atoms with Crippen LogP contribution in [0.4, 0.5) is 0 Å². The lowest BCUT2D eigenvalue weighted by Crippen LogP contribution is -2.66. The van der Waals surface area contributed by atoms with E-state index in [0.717, 1.165) is 24.0 Å². The lowest BCUT2D eigenvalue weighted by Gasteiger charge is -2.53. The highest BCUT2D eigenvalue weighted by Crippen LogP contribution is 2.71. The molecule has 0 unspecified atom stereocenters. The number of amides is 2. The van der Waals surface area contributed by atoms with Gasteiger partial charge in [0.25, 0.3) is 0 Å². The molecule has 2 aliphatic carbocycles. The maximum absolute atomic E-state index is 14.7. The zero-order valence-corrected chi connectivity index (χ0v) is 21.1. The molecular weight excluding hydrogens is 442 g/mol. The average Bonchev–Trinajstić information content (AvgIpc) is 3.15. The van der Waals surface area contributed by atoms with Gasteiger partial charge in [-0.3, -0.25) is 19.7 Å². The molecule has 1 saturated carbocycles. The van der Waals surface area contributed by atoms with Gasteiger partial charge in [0.15, 0.2) is 11.6 Å². The number of rotatable bonds is 1. The predicted octanol–water partition coefficient (Wildman–Crippen LogP) is 3.60. The van der Waals surface area contributed by atoms with Gasteiger partial charge >= 0.3 is 0 Å². The number of ether oxygens (including phenoxy) is 1. The summed E-state index contributed by atoms with van der Waals surface area (Å²) in [6.07, 6.45) is 3.58. The summed E-state index contributed by atoms with van der Waals surface area (Å²) in [6.45, 7) is 10.2. The number of carbonyl (C=O) groups excluding carboxylic acids is 3. The minimum Gasteiger partial charge on any atom is -0.365 e. The van der Waals surface area contributed by atoms with E-state index >= 15 is 0 Å². The van der Waals surface area contributed by atoms with Crippen LogP contribution in [0.3, 0.4) is 0 Å². The van der Waals surface area contributed by atoms with Crippen LogP contribution in [-0.4, -0.2) is 34.1 Å². The van der Waals surface area contributed by atoms with Crippen LogP contribution in [0.1, 0.15) is 58.9 Å². The Balaban J connectivity index is 1.61. The van der Waals surface area contributed by atoms with E-state index in [1.54, 1.807) is 0 Å². The molecule has 3 aliphatic heterocycles. The summed E-state index contributed by atoms with van der Waals surface area (Å²) < 4.78 is 6.48. The molecule has 0 radical (unpaired) electrons. The molecule has 11 atom stereocenters. The fraction of sp³-hybridized carbons (Fsp3) is 0.621. The smallest absolute Gasteiger partial charge is 0.241 e. The summed E-state index contributed by atoms with van der Waals surface area (Å²) in [5, 5.41) is 14.6. The van der Waals surface area contributed by atoms with Crippen molar-refractivity contribution in [2.75, 3.05) is 0 Å². The topological polar surface area (TPSA) is 92.7 Å². The monoisotopic (exact) mass is 477 g/mol. The number of ketones is 1. The van der Waals surface area contributed by atoms with Crippen molar-refractivity contribution in [2.24, 2.45) is 46.8 Å². The fourth-order valence-corrected chi connectivity index (χ4v) is 9.07. The summed E-state index contributed by atoms with van der Waals surface area (Å²) in [5.74, 6) is -5.47. The number of aliphatic hydroxyl groups is 1. The van der Waals surface area contributed by atoms with E-state index in [9.17, 15) is 19.5 Å². The highest BCUT2D eigenvalue weighted by Gasteiger charge is 2.81. The molecule has 2 bridgehead atoms. The second kappa shape index (κ2) is 7.13. The Hall–Kier alpha value is -2.31. The first-order valence-corrected chi connectivity index (χ1v) is 13.0. The van der Waals surface area contributed by atoms with Crippen LogP contribution in [0, 0.1) is 46.8 Å². The molecule has 35 heavy (non-hydrogen) atoms. The normalized spacial score (nSPS) is 50.6. The van der Waals surface area contributed by atoms with E-state index in [2.05, 4.69) is 18.3 Å². The van der Waals surface area contributed by atoms with Gasteiger partial charge in [-0.25, -0.2) is 0 Å². The molecule has 1 aromatic rings. The Kier molecular flexibility index (Phi) is 4.71. The van der Waals surface area contributed by atoms with Crippen LogP contribution in [0.5, 0.6) is 0 Å². The molecule has 2 N–H and O–H groups in total. The van der Waals surface area contributed by atoms with Crippen LogP contribution in [0.15, 0.2) is 42.0 Å². The number of nitrogens with one attached hydrogen (secondary N) is 1. The fourth-order valence-electron chi connectivity index (χ4n) is 9.07. The van der Waals surface area contributed by atoms with Gasteiger partial charge in [0.2, 0.25) is 11.8 Å². The summed E-state index contributed by atoms with van der Waals surface area (Å²) in [4.78, 5) is 42.1. The van der Waals surface area contributed by atoms with Gasteiger partial charge < -0.3 is 9.84 Å². The van der Waals surface area contributed by atoms with Crippen LogP contribution in [0.2, 0.25) is 0 Å². The summed E-state index contributed by atoms with van der Waals surface area (Å²) in [5.41, 5.74) is -0.245. The van der Waals surface area contributed by atoms with Gasteiger partial charge in [-0.15, -0.1) is 0 Å². The van der Waals surface area contributed by atoms with Crippen LogP contribution >= 0.6 is 0 Å².